The minimum absolute atomic E-state index is 0.179. The quantitative estimate of drug-likeness (QED) is 0.735. The first-order chi connectivity index (χ1) is 13.7. The standard InChI is InChI=1S/C22H35N3O3S/c1-5-17(3)16-25-21(26)20(18(4)6-2)23-22(25)12-14-24(15-13-22)29(27,28)19-10-8-7-9-11-19/h7-11,17-18,20,23H,5-6,12-16H2,1-4H3/t17-,18+,20+/m0/s1. The molecule has 0 aromatic heterocycles. The SMILES string of the molecule is CC[C@H](C)CN1C(=O)[C@@H]([C@H](C)CC)NC12CCN(S(=O)(=O)c1ccccc1)CC2. The van der Waals surface area contributed by atoms with E-state index >= 15 is 0 Å². The summed E-state index contributed by atoms with van der Waals surface area (Å²) in [4.78, 5) is 15.6. The Morgan fingerprint density at radius 1 is 1.10 bits per heavy atom. The molecule has 0 radical (unpaired) electrons. The summed E-state index contributed by atoms with van der Waals surface area (Å²) in [5, 5.41) is 3.65. The van der Waals surface area contributed by atoms with Crippen molar-refractivity contribution in [2.45, 2.75) is 70.0 Å². The van der Waals surface area contributed by atoms with Crippen molar-refractivity contribution in [1.29, 1.82) is 0 Å². The van der Waals surface area contributed by atoms with Crippen LogP contribution in [0.5, 0.6) is 0 Å². The van der Waals surface area contributed by atoms with Crippen LogP contribution < -0.4 is 5.32 Å². The summed E-state index contributed by atoms with van der Waals surface area (Å²) in [5.74, 6) is 0.853. The number of rotatable bonds is 7. The van der Waals surface area contributed by atoms with E-state index in [0.717, 1.165) is 19.4 Å². The molecule has 1 aromatic rings. The Kier molecular flexibility index (Phi) is 6.70. The minimum Gasteiger partial charge on any atom is -0.323 e. The van der Waals surface area contributed by atoms with Gasteiger partial charge >= 0.3 is 0 Å². The van der Waals surface area contributed by atoms with E-state index < -0.39 is 15.7 Å². The normalized spacial score (nSPS) is 24.8. The van der Waals surface area contributed by atoms with Crippen LogP contribution in [0.15, 0.2) is 35.2 Å². The van der Waals surface area contributed by atoms with Gasteiger partial charge in [-0.2, -0.15) is 4.31 Å². The van der Waals surface area contributed by atoms with E-state index in [4.69, 9.17) is 0 Å². The molecule has 1 N–H and O–H groups in total. The zero-order chi connectivity index (χ0) is 21.2. The summed E-state index contributed by atoms with van der Waals surface area (Å²) in [6.45, 7) is 10.1. The average Bonchev–Trinajstić information content (AvgIpc) is 3.00. The van der Waals surface area contributed by atoms with Gasteiger partial charge < -0.3 is 4.90 Å². The maximum atomic E-state index is 13.3. The smallest absolute Gasteiger partial charge is 0.243 e. The van der Waals surface area contributed by atoms with Gasteiger partial charge in [-0.1, -0.05) is 58.7 Å². The van der Waals surface area contributed by atoms with E-state index in [1.54, 1.807) is 28.6 Å². The molecule has 3 atom stereocenters. The monoisotopic (exact) mass is 421 g/mol. The molecule has 7 heteroatoms. The van der Waals surface area contributed by atoms with Crippen molar-refractivity contribution in [3.8, 4) is 0 Å². The highest BCUT2D eigenvalue weighted by Crippen LogP contribution is 2.37. The number of carbonyl (C=O) groups is 1. The lowest BCUT2D eigenvalue weighted by Gasteiger charge is -2.45. The van der Waals surface area contributed by atoms with Crippen molar-refractivity contribution in [3.63, 3.8) is 0 Å². The summed E-state index contributed by atoms with van der Waals surface area (Å²) < 4.78 is 27.6. The van der Waals surface area contributed by atoms with Crippen LogP contribution in [-0.4, -0.2) is 54.9 Å². The van der Waals surface area contributed by atoms with Crippen molar-refractivity contribution in [3.05, 3.63) is 30.3 Å². The highest BCUT2D eigenvalue weighted by atomic mass is 32.2. The highest BCUT2D eigenvalue weighted by Gasteiger charge is 2.53. The largest absolute Gasteiger partial charge is 0.323 e. The van der Waals surface area contributed by atoms with Gasteiger partial charge in [-0.15, -0.1) is 0 Å². The number of sulfonamides is 1. The molecule has 162 valence electrons. The van der Waals surface area contributed by atoms with Crippen LogP contribution >= 0.6 is 0 Å². The number of piperidine rings is 1. The Balaban J connectivity index is 1.81. The van der Waals surface area contributed by atoms with Crippen LogP contribution in [0.1, 0.15) is 53.4 Å². The van der Waals surface area contributed by atoms with Gasteiger partial charge in [0.1, 0.15) is 0 Å². The van der Waals surface area contributed by atoms with Gasteiger partial charge in [0.15, 0.2) is 0 Å². The number of hydrogen-bond acceptors (Lipinski definition) is 4. The first kappa shape index (κ1) is 22.2. The van der Waals surface area contributed by atoms with Gasteiger partial charge in [0.25, 0.3) is 0 Å². The number of carbonyl (C=O) groups excluding carboxylic acids is 1. The van der Waals surface area contributed by atoms with Crippen molar-refractivity contribution in [2.75, 3.05) is 19.6 Å². The van der Waals surface area contributed by atoms with Crippen LogP contribution in [0.3, 0.4) is 0 Å². The first-order valence-electron chi connectivity index (χ1n) is 10.9. The molecule has 29 heavy (non-hydrogen) atoms. The fraction of sp³-hybridized carbons (Fsp3) is 0.682. The van der Waals surface area contributed by atoms with Crippen molar-refractivity contribution < 1.29 is 13.2 Å². The average molecular weight is 422 g/mol. The topological polar surface area (TPSA) is 69.7 Å². The molecule has 2 saturated heterocycles. The molecule has 0 unspecified atom stereocenters. The van der Waals surface area contributed by atoms with Crippen LogP contribution in [0.4, 0.5) is 0 Å². The lowest BCUT2D eigenvalue weighted by Crippen LogP contribution is -2.60. The summed E-state index contributed by atoms with van der Waals surface area (Å²) >= 11 is 0. The van der Waals surface area contributed by atoms with Gasteiger partial charge in [0.05, 0.1) is 16.6 Å². The zero-order valence-electron chi connectivity index (χ0n) is 18.1. The molecule has 0 saturated carbocycles. The Bertz CT molecular complexity index is 804. The third-order valence-corrected chi connectivity index (χ3v) is 8.72. The Morgan fingerprint density at radius 3 is 2.28 bits per heavy atom. The second-order valence-corrected chi connectivity index (χ2v) is 10.7. The van der Waals surface area contributed by atoms with Gasteiger partial charge in [0.2, 0.25) is 15.9 Å². The molecule has 0 bridgehead atoms. The number of nitrogens with one attached hydrogen (secondary N) is 1. The lowest BCUT2D eigenvalue weighted by atomic mass is 9.95. The summed E-state index contributed by atoms with van der Waals surface area (Å²) in [5.41, 5.74) is -0.433. The van der Waals surface area contributed by atoms with E-state index in [2.05, 4.69) is 33.0 Å². The van der Waals surface area contributed by atoms with Crippen LogP contribution in [0, 0.1) is 11.8 Å². The first-order valence-corrected chi connectivity index (χ1v) is 12.3. The third kappa shape index (κ3) is 4.23. The van der Waals surface area contributed by atoms with Crippen LogP contribution in [-0.2, 0) is 14.8 Å². The van der Waals surface area contributed by atoms with Gasteiger partial charge in [-0.05, 0) is 36.8 Å². The molecule has 2 aliphatic rings. The van der Waals surface area contributed by atoms with Crippen molar-refractivity contribution >= 4 is 15.9 Å². The lowest BCUT2D eigenvalue weighted by molar-refractivity contribution is -0.134. The van der Waals surface area contributed by atoms with Gasteiger partial charge in [-0.25, -0.2) is 8.42 Å². The summed E-state index contributed by atoms with van der Waals surface area (Å²) in [7, 11) is -3.50. The maximum Gasteiger partial charge on any atom is 0.243 e. The zero-order valence-corrected chi connectivity index (χ0v) is 18.9. The molecule has 2 heterocycles. The highest BCUT2D eigenvalue weighted by molar-refractivity contribution is 7.89. The molecule has 6 nitrogen and oxygen atoms in total. The fourth-order valence-electron chi connectivity index (χ4n) is 4.39. The molecule has 0 aliphatic carbocycles. The molecule has 1 spiro atoms. The Labute approximate surface area is 175 Å². The van der Waals surface area contributed by atoms with Crippen LogP contribution in [0.25, 0.3) is 0 Å². The van der Waals surface area contributed by atoms with Crippen LogP contribution in [0.2, 0.25) is 0 Å². The number of amides is 1. The fourth-order valence-corrected chi connectivity index (χ4v) is 5.85. The second kappa shape index (κ2) is 8.74. The van der Waals surface area contributed by atoms with Gasteiger partial charge in [-0.3, -0.25) is 10.1 Å². The summed E-state index contributed by atoms with van der Waals surface area (Å²) in [6.07, 6.45) is 3.19. The van der Waals surface area contributed by atoms with Gasteiger partial charge in [0, 0.05) is 19.6 Å². The molecule has 1 aromatic carbocycles. The van der Waals surface area contributed by atoms with E-state index in [1.165, 1.54) is 0 Å². The second-order valence-electron chi connectivity index (χ2n) is 8.72. The van der Waals surface area contributed by atoms with Crippen molar-refractivity contribution in [2.24, 2.45) is 11.8 Å². The number of nitrogens with zero attached hydrogens (tertiary/aromatic N) is 2. The number of benzene rings is 1. The molecule has 3 rings (SSSR count). The Morgan fingerprint density at radius 2 is 1.72 bits per heavy atom. The molecule has 1 amide bonds. The predicted octanol–water partition coefficient (Wildman–Crippen LogP) is 3.06. The maximum absolute atomic E-state index is 13.3. The third-order valence-electron chi connectivity index (χ3n) is 6.81. The minimum atomic E-state index is -3.50. The molecular formula is C22H35N3O3S. The molecular weight excluding hydrogens is 386 g/mol. The van der Waals surface area contributed by atoms with E-state index in [0.29, 0.717) is 36.7 Å². The van der Waals surface area contributed by atoms with Crippen molar-refractivity contribution in [1.82, 2.24) is 14.5 Å². The predicted molar refractivity (Wildman–Crippen MR) is 115 cm³/mol. The van der Waals surface area contributed by atoms with E-state index in [9.17, 15) is 13.2 Å². The van der Waals surface area contributed by atoms with E-state index in [-0.39, 0.29) is 17.9 Å². The Hall–Kier alpha value is -1.44. The number of hydrogen-bond donors (Lipinski definition) is 1. The molecule has 2 fully saturated rings. The molecule has 2 aliphatic heterocycles. The van der Waals surface area contributed by atoms with E-state index in [1.807, 2.05) is 11.0 Å². The summed E-state index contributed by atoms with van der Waals surface area (Å²) in [6, 6.07) is 8.43.